The SMILES string of the molecule is [2H]c1c([2H])c([2H])c2c(-c3ccc4oc5ccccc5c4c3-c3ccccc3-c3ccccc3)c3c([2H])c([2H])c([2H])c([2H])c3c(-c3ccccc3)c2c1[2H]. The molecular formula is C44H28O. The van der Waals surface area contributed by atoms with Crippen LogP contribution < -0.4 is 0 Å². The third-order valence-corrected chi connectivity index (χ3v) is 8.53. The second-order valence-corrected chi connectivity index (χ2v) is 11.0. The molecule has 0 saturated carbocycles. The van der Waals surface area contributed by atoms with Gasteiger partial charge in [0.05, 0.1) is 11.0 Å². The monoisotopic (exact) mass is 580 g/mol. The highest BCUT2D eigenvalue weighted by molar-refractivity contribution is 6.25. The molecule has 0 atom stereocenters. The molecule has 45 heavy (non-hydrogen) atoms. The van der Waals surface area contributed by atoms with Crippen LogP contribution in [0.5, 0.6) is 0 Å². The van der Waals surface area contributed by atoms with Crippen LogP contribution in [0.25, 0.3) is 88.0 Å². The van der Waals surface area contributed by atoms with Crippen molar-refractivity contribution in [1.82, 2.24) is 0 Å². The highest BCUT2D eigenvalue weighted by Gasteiger charge is 2.23. The average Bonchev–Trinajstić information content (AvgIpc) is 3.58. The maximum absolute atomic E-state index is 9.49. The maximum Gasteiger partial charge on any atom is 0.136 e. The van der Waals surface area contributed by atoms with E-state index in [1.54, 1.807) is 24.3 Å². The summed E-state index contributed by atoms with van der Waals surface area (Å²) in [6, 6.07) is 35.4. The normalized spacial score (nSPS) is 14.0. The molecule has 0 aliphatic rings. The molecule has 1 aromatic heterocycles. The Labute approximate surface area is 272 Å². The fraction of sp³-hybridized carbons (Fsp3) is 0. The molecule has 9 aromatic rings. The van der Waals surface area contributed by atoms with Crippen molar-refractivity contribution in [2.45, 2.75) is 0 Å². The Morgan fingerprint density at radius 2 is 0.889 bits per heavy atom. The van der Waals surface area contributed by atoms with E-state index in [2.05, 4.69) is 0 Å². The minimum atomic E-state index is -0.441. The van der Waals surface area contributed by atoms with Gasteiger partial charge >= 0.3 is 0 Å². The van der Waals surface area contributed by atoms with Gasteiger partial charge in [0.25, 0.3) is 0 Å². The minimum absolute atomic E-state index is 0.165. The molecule has 9 rings (SSSR count). The van der Waals surface area contributed by atoms with Gasteiger partial charge in [0.2, 0.25) is 0 Å². The van der Waals surface area contributed by atoms with E-state index < -0.39 is 24.2 Å². The van der Waals surface area contributed by atoms with E-state index in [0.29, 0.717) is 39.0 Å². The molecule has 0 N–H and O–H groups in total. The summed E-state index contributed by atoms with van der Waals surface area (Å²) in [5, 5.41) is 2.29. The lowest BCUT2D eigenvalue weighted by atomic mass is 9.81. The van der Waals surface area contributed by atoms with Crippen molar-refractivity contribution < 1.29 is 15.4 Å². The van der Waals surface area contributed by atoms with Gasteiger partial charge in [-0.05, 0) is 78.7 Å². The van der Waals surface area contributed by atoms with Crippen molar-refractivity contribution in [1.29, 1.82) is 0 Å². The lowest BCUT2D eigenvalue weighted by Crippen LogP contribution is -1.94. The van der Waals surface area contributed by atoms with Crippen molar-refractivity contribution in [3.05, 3.63) is 170 Å². The van der Waals surface area contributed by atoms with Gasteiger partial charge in [-0.15, -0.1) is 0 Å². The quantitative estimate of drug-likeness (QED) is 0.189. The first kappa shape index (κ1) is 18.7. The van der Waals surface area contributed by atoms with Crippen molar-refractivity contribution in [3.8, 4) is 44.5 Å². The zero-order valence-corrected chi connectivity index (χ0v) is 24.0. The fourth-order valence-corrected chi connectivity index (χ4v) is 6.66. The van der Waals surface area contributed by atoms with E-state index in [1.165, 1.54) is 0 Å². The predicted octanol–water partition coefficient (Wildman–Crippen LogP) is 12.6. The molecule has 0 fully saturated rings. The van der Waals surface area contributed by atoms with Crippen molar-refractivity contribution in [2.24, 2.45) is 0 Å². The molecule has 0 spiro atoms. The van der Waals surface area contributed by atoms with Crippen LogP contribution in [0.1, 0.15) is 11.0 Å². The number of hydrogen-bond acceptors (Lipinski definition) is 1. The van der Waals surface area contributed by atoms with Crippen LogP contribution in [-0.2, 0) is 0 Å². The molecule has 0 radical (unpaired) electrons. The summed E-state index contributed by atoms with van der Waals surface area (Å²) in [5.74, 6) is 0. The Kier molecular flexibility index (Phi) is 4.30. The van der Waals surface area contributed by atoms with E-state index in [4.69, 9.17) is 9.90 Å². The fourth-order valence-electron chi connectivity index (χ4n) is 6.66. The van der Waals surface area contributed by atoms with Gasteiger partial charge in [-0.3, -0.25) is 0 Å². The average molecular weight is 581 g/mol. The van der Waals surface area contributed by atoms with Gasteiger partial charge in [-0.25, -0.2) is 0 Å². The molecule has 0 aliphatic heterocycles. The zero-order valence-electron chi connectivity index (χ0n) is 32.0. The maximum atomic E-state index is 9.49. The third kappa shape index (κ3) is 4.02. The third-order valence-electron chi connectivity index (χ3n) is 8.53. The molecule has 0 amide bonds. The van der Waals surface area contributed by atoms with Gasteiger partial charge in [-0.1, -0.05) is 151 Å². The van der Waals surface area contributed by atoms with Crippen molar-refractivity contribution in [2.75, 3.05) is 0 Å². The topological polar surface area (TPSA) is 13.1 Å². The van der Waals surface area contributed by atoms with Gasteiger partial charge in [-0.2, -0.15) is 0 Å². The minimum Gasteiger partial charge on any atom is -0.456 e. The predicted molar refractivity (Wildman–Crippen MR) is 190 cm³/mol. The van der Waals surface area contributed by atoms with Gasteiger partial charge in [0.1, 0.15) is 11.2 Å². The van der Waals surface area contributed by atoms with E-state index in [-0.39, 0.29) is 45.7 Å². The van der Waals surface area contributed by atoms with Gasteiger partial charge in [0, 0.05) is 16.3 Å². The van der Waals surface area contributed by atoms with Crippen LogP contribution in [-0.4, -0.2) is 0 Å². The van der Waals surface area contributed by atoms with Gasteiger partial charge in [0.15, 0.2) is 0 Å². The zero-order chi connectivity index (χ0) is 36.7. The second kappa shape index (κ2) is 10.4. The summed E-state index contributed by atoms with van der Waals surface area (Å²) < 4.78 is 79.5. The molecule has 0 bridgehead atoms. The van der Waals surface area contributed by atoms with Crippen LogP contribution in [0.15, 0.2) is 174 Å². The molecule has 8 aromatic carbocycles. The van der Waals surface area contributed by atoms with Crippen LogP contribution in [0, 0.1) is 0 Å². The Balaban J connectivity index is 1.61. The first-order valence-corrected chi connectivity index (χ1v) is 14.8. The Hall–Kier alpha value is -5.92. The van der Waals surface area contributed by atoms with Crippen LogP contribution >= 0.6 is 0 Å². The van der Waals surface area contributed by atoms with E-state index in [9.17, 15) is 5.48 Å². The van der Waals surface area contributed by atoms with Crippen LogP contribution in [0.3, 0.4) is 0 Å². The molecule has 210 valence electrons. The molecular weight excluding hydrogens is 544 g/mol. The highest BCUT2D eigenvalue weighted by Crippen LogP contribution is 2.50. The van der Waals surface area contributed by atoms with Crippen LogP contribution in [0.4, 0.5) is 0 Å². The first-order chi connectivity index (χ1) is 25.7. The first-order valence-electron chi connectivity index (χ1n) is 18.8. The molecule has 1 nitrogen and oxygen atoms in total. The number of furan rings is 1. The number of hydrogen-bond donors (Lipinski definition) is 0. The summed E-state index contributed by atoms with van der Waals surface area (Å²) in [7, 11) is 0. The Morgan fingerprint density at radius 3 is 1.56 bits per heavy atom. The molecule has 1 heterocycles. The van der Waals surface area contributed by atoms with Gasteiger partial charge < -0.3 is 4.42 Å². The number of benzene rings is 8. The van der Waals surface area contributed by atoms with Crippen molar-refractivity contribution >= 4 is 43.5 Å². The lowest BCUT2D eigenvalue weighted by Gasteiger charge is -2.21. The molecule has 0 aliphatic carbocycles. The standard InChI is InChI=1S/C44H28O/c1-3-15-29(16-4-1)31-19-7-8-20-32(31)43-38(27-28-40-44(43)37-25-13-14-26-39(37)45-40)42-35-23-11-9-21-33(35)41(30-17-5-2-6-18-30)34-22-10-12-24-36(34)42/h1-28H/i9D,10D,11D,12D,21D,22D,23D,24D. The summed E-state index contributed by atoms with van der Waals surface area (Å²) >= 11 is 0. The summed E-state index contributed by atoms with van der Waals surface area (Å²) in [6.07, 6.45) is 0. The lowest BCUT2D eigenvalue weighted by molar-refractivity contribution is 0.669. The van der Waals surface area contributed by atoms with E-state index >= 15 is 0 Å². The largest absolute Gasteiger partial charge is 0.456 e. The number of fused-ring (bicyclic) bond motifs is 5. The summed E-state index contributed by atoms with van der Waals surface area (Å²) in [4.78, 5) is 0. The van der Waals surface area contributed by atoms with E-state index in [0.717, 1.165) is 27.5 Å². The molecule has 0 saturated heterocycles. The highest BCUT2D eigenvalue weighted by atomic mass is 16.3. The molecule has 0 unspecified atom stereocenters. The summed E-state index contributed by atoms with van der Waals surface area (Å²) in [6.45, 7) is 0. The summed E-state index contributed by atoms with van der Waals surface area (Å²) in [5.41, 5.74) is 6.37. The van der Waals surface area contributed by atoms with Crippen molar-refractivity contribution in [3.63, 3.8) is 0 Å². The molecule has 1 heteroatoms. The second-order valence-electron chi connectivity index (χ2n) is 11.0. The number of para-hydroxylation sites is 1. The van der Waals surface area contributed by atoms with E-state index in [1.807, 2.05) is 97.1 Å². The van der Waals surface area contributed by atoms with Crippen LogP contribution in [0.2, 0.25) is 0 Å². The Bertz CT molecular complexity index is 2890. The Morgan fingerprint density at radius 1 is 0.356 bits per heavy atom. The smallest absolute Gasteiger partial charge is 0.136 e. The number of rotatable bonds is 4.